The second-order valence-electron chi connectivity index (χ2n) is 8.34. The normalized spacial score (nSPS) is 20.1. The van der Waals surface area contributed by atoms with E-state index < -0.39 is 0 Å². The van der Waals surface area contributed by atoms with E-state index in [1.807, 2.05) is 19.3 Å². The van der Waals surface area contributed by atoms with E-state index >= 15 is 0 Å². The fourth-order valence-electron chi connectivity index (χ4n) is 4.33. The number of nitrogens with zero attached hydrogens (tertiary/aromatic N) is 4. The summed E-state index contributed by atoms with van der Waals surface area (Å²) in [4.78, 5) is 25.1. The highest BCUT2D eigenvalue weighted by molar-refractivity contribution is 14.0. The van der Waals surface area contributed by atoms with Crippen LogP contribution in [0.5, 0.6) is 0 Å². The van der Waals surface area contributed by atoms with Gasteiger partial charge in [0.1, 0.15) is 5.82 Å². The van der Waals surface area contributed by atoms with Crippen molar-refractivity contribution in [2.24, 2.45) is 22.6 Å². The van der Waals surface area contributed by atoms with Crippen molar-refractivity contribution in [3.8, 4) is 0 Å². The Morgan fingerprint density at radius 1 is 1.39 bits per heavy atom. The molecule has 3 heterocycles. The molecule has 2 saturated heterocycles. The Hall–Kier alpha value is -1.62. The number of carbonyl (C=O) groups is 1. The van der Waals surface area contributed by atoms with Crippen LogP contribution in [-0.2, 0) is 16.1 Å². The first-order chi connectivity index (χ1) is 14.6. The third-order valence-electron chi connectivity index (χ3n) is 6.21. The molecule has 1 aromatic rings. The highest BCUT2D eigenvalue weighted by Crippen LogP contribution is 2.24. The summed E-state index contributed by atoms with van der Waals surface area (Å²) in [6.45, 7) is 4.91. The molecule has 0 radical (unpaired) electrons. The number of amides is 1. The average molecular weight is 544 g/mol. The van der Waals surface area contributed by atoms with Gasteiger partial charge in [-0.15, -0.1) is 24.0 Å². The SMILES string of the molecule is CN=C(NCc1cccnc1N1CCCC(C(N)=O)C1)N(C)CCC1CCOCC1.I. The fourth-order valence-corrected chi connectivity index (χ4v) is 4.33. The maximum Gasteiger partial charge on any atom is 0.222 e. The van der Waals surface area contributed by atoms with Crippen LogP contribution in [-0.4, -0.2) is 68.7 Å². The number of primary amides is 1. The van der Waals surface area contributed by atoms with Gasteiger partial charge in [-0.1, -0.05) is 6.07 Å². The first-order valence-electron chi connectivity index (χ1n) is 11.1. The van der Waals surface area contributed by atoms with Gasteiger partial charge in [-0.3, -0.25) is 9.79 Å². The molecule has 1 unspecified atom stereocenters. The van der Waals surface area contributed by atoms with Gasteiger partial charge in [-0.05, 0) is 44.1 Å². The lowest BCUT2D eigenvalue weighted by molar-refractivity contribution is -0.122. The van der Waals surface area contributed by atoms with Gasteiger partial charge in [0.05, 0.1) is 5.92 Å². The molecule has 31 heavy (non-hydrogen) atoms. The topological polar surface area (TPSA) is 96.1 Å². The van der Waals surface area contributed by atoms with Crippen LogP contribution in [0, 0.1) is 11.8 Å². The average Bonchev–Trinajstić information content (AvgIpc) is 2.79. The van der Waals surface area contributed by atoms with Crippen molar-refractivity contribution in [1.29, 1.82) is 0 Å². The van der Waals surface area contributed by atoms with E-state index in [2.05, 4.69) is 38.2 Å². The van der Waals surface area contributed by atoms with Crippen LogP contribution >= 0.6 is 24.0 Å². The number of nitrogens with two attached hydrogens (primary N) is 1. The third kappa shape index (κ3) is 7.48. The number of aliphatic imine (C=N–C) groups is 1. The molecule has 3 N–H and O–H groups in total. The van der Waals surface area contributed by atoms with Crippen LogP contribution < -0.4 is 16.0 Å². The Labute approximate surface area is 203 Å². The summed E-state index contributed by atoms with van der Waals surface area (Å²) >= 11 is 0. The number of ether oxygens (including phenoxy) is 1. The van der Waals surface area contributed by atoms with E-state index in [0.717, 1.165) is 81.7 Å². The molecule has 9 heteroatoms. The van der Waals surface area contributed by atoms with E-state index in [4.69, 9.17) is 10.5 Å². The van der Waals surface area contributed by atoms with Crippen LogP contribution in [0.2, 0.25) is 0 Å². The van der Waals surface area contributed by atoms with Gasteiger partial charge in [0.25, 0.3) is 0 Å². The van der Waals surface area contributed by atoms with Crippen molar-refractivity contribution in [3.05, 3.63) is 23.9 Å². The van der Waals surface area contributed by atoms with Crippen molar-refractivity contribution in [2.75, 3.05) is 51.8 Å². The van der Waals surface area contributed by atoms with Gasteiger partial charge in [0, 0.05) is 65.2 Å². The molecule has 2 fully saturated rings. The molecule has 2 aliphatic heterocycles. The standard InChI is InChI=1S/C22H36N6O2.HI/c1-24-22(27(2)12-7-17-8-13-30-14-9-17)26-15-18-5-3-10-25-21(18)28-11-4-6-19(16-28)20(23)29;/h3,5,10,17,19H,4,6-9,11-16H2,1-2H3,(H2,23,29)(H,24,26);1H. The molecule has 0 bridgehead atoms. The minimum atomic E-state index is -0.220. The second kappa shape index (κ2) is 13.0. The second-order valence-corrected chi connectivity index (χ2v) is 8.34. The zero-order valence-corrected chi connectivity index (χ0v) is 21.1. The lowest BCUT2D eigenvalue weighted by Gasteiger charge is -2.33. The monoisotopic (exact) mass is 544 g/mol. The molecular weight excluding hydrogens is 507 g/mol. The van der Waals surface area contributed by atoms with Gasteiger partial charge in [0.2, 0.25) is 5.91 Å². The Balaban J connectivity index is 0.00000341. The number of aromatic nitrogens is 1. The molecule has 1 amide bonds. The lowest BCUT2D eigenvalue weighted by Crippen LogP contribution is -2.42. The van der Waals surface area contributed by atoms with Gasteiger partial charge >= 0.3 is 0 Å². The number of piperidine rings is 1. The molecule has 0 aliphatic carbocycles. The number of carbonyl (C=O) groups excluding carboxylic acids is 1. The number of halogens is 1. The number of hydrogen-bond donors (Lipinski definition) is 2. The van der Waals surface area contributed by atoms with E-state index in [1.54, 1.807) is 0 Å². The number of rotatable bonds is 7. The predicted octanol–water partition coefficient (Wildman–Crippen LogP) is 2.23. The van der Waals surface area contributed by atoms with Gasteiger partial charge in [-0.2, -0.15) is 0 Å². The number of guanidine groups is 1. The maximum absolute atomic E-state index is 11.7. The Morgan fingerprint density at radius 2 is 2.16 bits per heavy atom. The molecule has 8 nitrogen and oxygen atoms in total. The van der Waals surface area contributed by atoms with Crippen molar-refractivity contribution in [3.63, 3.8) is 0 Å². The summed E-state index contributed by atoms with van der Waals surface area (Å²) in [7, 11) is 3.90. The van der Waals surface area contributed by atoms with Crippen LogP contribution in [0.4, 0.5) is 5.82 Å². The molecule has 174 valence electrons. The molecule has 1 atom stereocenters. The number of nitrogens with one attached hydrogen (secondary N) is 1. The molecule has 0 spiro atoms. The molecular formula is C22H37IN6O2. The minimum Gasteiger partial charge on any atom is -0.381 e. The van der Waals surface area contributed by atoms with E-state index in [9.17, 15) is 4.79 Å². The first-order valence-corrected chi connectivity index (χ1v) is 11.1. The highest BCUT2D eigenvalue weighted by atomic mass is 127. The predicted molar refractivity (Wildman–Crippen MR) is 135 cm³/mol. The largest absolute Gasteiger partial charge is 0.381 e. The van der Waals surface area contributed by atoms with Crippen molar-refractivity contribution >= 4 is 41.7 Å². The third-order valence-corrected chi connectivity index (χ3v) is 6.21. The molecule has 2 aliphatic rings. The summed E-state index contributed by atoms with van der Waals surface area (Å²) in [6.07, 6.45) is 7.08. The van der Waals surface area contributed by atoms with Crippen LogP contribution in [0.25, 0.3) is 0 Å². The lowest BCUT2D eigenvalue weighted by atomic mass is 9.96. The zero-order valence-electron chi connectivity index (χ0n) is 18.8. The van der Waals surface area contributed by atoms with E-state index in [1.165, 1.54) is 0 Å². The van der Waals surface area contributed by atoms with E-state index in [0.29, 0.717) is 13.1 Å². The van der Waals surface area contributed by atoms with Crippen LogP contribution in [0.1, 0.15) is 37.7 Å². The van der Waals surface area contributed by atoms with Gasteiger partial charge in [-0.25, -0.2) is 4.98 Å². The Kier molecular flexibility index (Phi) is 10.8. The Morgan fingerprint density at radius 3 is 2.87 bits per heavy atom. The zero-order chi connectivity index (χ0) is 21.3. The van der Waals surface area contributed by atoms with Crippen LogP contribution in [0.15, 0.2) is 23.3 Å². The van der Waals surface area contributed by atoms with Gasteiger partial charge in [0.15, 0.2) is 5.96 Å². The molecule has 0 saturated carbocycles. The number of hydrogen-bond acceptors (Lipinski definition) is 5. The van der Waals surface area contributed by atoms with Crippen molar-refractivity contribution in [1.82, 2.24) is 15.2 Å². The summed E-state index contributed by atoms with van der Waals surface area (Å²) in [5.41, 5.74) is 6.65. The summed E-state index contributed by atoms with van der Waals surface area (Å²) in [5.74, 6) is 2.22. The Bertz CT molecular complexity index is 726. The summed E-state index contributed by atoms with van der Waals surface area (Å²) < 4.78 is 5.46. The first kappa shape index (κ1) is 25.6. The maximum atomic E-state index is 11.7. The van der Waals surface area contributed by atoms with Crippen LogP contribution in [0.3, 0.4) is 0 Å². The quantitative estimate of drug-likeness (QED) is 0.311. The molecule has 0 aromatic carbocycles. The van der Waals surface area contributed by atoms with E-state index in [-0.39, 0.29) is 35.8 Å². The fraction of sp³-hybridized carbons (Fsp3) is 0.682. The van der Waals surface area contributed by atoms with Crippen molar-refractivity contribution in [2.45, 2.75) is 38.6 Å². The summed E-state index contributed by atoms with van der Waals surface area (Å²) in [5, 5.41) is 3.48. The smallest absolute Gasteiger partial charge is 0.222 e. The highest BCUT2D eigenvalue weighted by Gasteiger charge is 2.26. The van der Waals surface area contributed by atoms with Gasteiger partial charge < -0.3 is 25.6 Å². The number of anilines is 1. The number of pyridine rings is 1. The molecule has 1 aromatic heterocycles. The minimum absolute atomic E-state index is 0. The van der Waals surface area contributed by atoms with Crippen molar-refractivity contribution < 1.29 is 9.53 Å². The molecule has 3 rings (SSSR count). The summed E-state index contributed by atoms with van der Waals surface area (Å²) in [6, 6.07) is 4.03.